The fourth-order valence-corrected chi connectivity index (χ4v) is 4.13. The molecule has 0 unspecified atom stereocenters. The van der Waals surface area contributed by atoms with Crippen LogP contribution in [-0.4, -0.2) is 33.1 Å². The van der Waals surface area contributed by atoms with Gasteiger partial charge in [-0.3, -0.25) is 4.99 Å². The van der Waals surface area contributed by atoms with E-state index in [0.29, 0.717) is 6.54 Å². The molecule has 0 amide bonds. The topological polar surface area (TPSA) is 36.9 Å². The summed E-state index contributed by atoms with van der Waals surface area (Å²) in [4.78, 5) is 7.25. The highest BCUT2D eigenvalue weighted by Gasteiger charge is 2.41. The standard InChI is InChI=1S/C22H27N3O/c1-25(2)20-10-6-4-8-18(20)16-23-21-22(11-13-26-14-12-22)15-17-7-3-5-9-19(17)24-21/h3-10H,11-16H2,1-2H3,(H,23,24). The molecule has 2 aromatic carbocycles. The first-order valence-electron chi connectivity index (χ1n) is 9.41. The summed E-state index contributed by atoms with van der Waals surface area (Å²) in [5, 5.41) is 3.66. The Bertz CT molecular complexity index is 807. The van der Waals surface area contributed by atoms with Crippen LogP contribution in [-0.2, 0) is 17.7 Å². The van der Waals surface area contributed by atoms with Gasteiger partial charge in [0.25, 0.3) is 0 Å². The summed E-state index contributed by atoms with van der Waals surface area (Å²) in [6.07, 6.45) is 3.11. The summed E-state index contributed by atoms with van der Waals surface area (Å²) in [6.45, 7) is 2.33. The van der Waals surface area contributed by atoms with Crippen molar-refractivity contribution in [1.29, 1.82) is 0 Å². The maximum absolute atomic E-state index is 5.66. The maximum atomic E-state index is 5.66. The summed E-state index contributed by atoms with van der Waals surface area (Å²) >= 11 is 0. The molecule has 1 saturated heterocycles. The molecule has 26 heavy (non-hydrogen) atoms. The largest absolute Gasteiger partial charge is 0.381 e. The maximum Gasteiger partial charge on any atom is 0.108 e. The molecule has 2 aliphatic heterocycles. The first kappa shape index (κ1) is 17.1. The van der Waals surface area contributed by atoms with Crippen LogP contribution < -0.4 is 10.2 Å². The molecule has 0 aromatic heterocycles. The molecular weight excluding hydrogens is 322 g/mol. The Balaban J connectivity index is 1.68. The van der Waals surface area contributed by atoms with E-state index < -0.39 is 0 Å². The lowest BCUT2D eigenvalue weighted by molar-refractivity contribution is 0.0448. The van der Waals surface area contributed by atoms with Gasteiger partial charge in [-0.2, -0.15) is 0 Å². The second kappa shape index (κ2) is 7.12. The molecule has 0 radical (unpaired) electrons. The Morgan fingerprint density at radius 3 is 2.58 bits per heavy atom. The van der Waals surface area contributed by atoms with E-state index in [1.54, 1.807) is 0 Å². The number of amidine groups is 1. The zero-order valence-corrected chi connectivity index (χ0v) is 15.7. The summed E-state index contributed by atoms with van der Waals surface area (Å²) in [6, 6.07) is 17.1. The molecule has 0 bridgehead atoms. The molecule has 136 valence electrons. The Labute approximate surface area is 155 Å². The first-order chi connectivity index (χ1) is 12.7. The Morgan fingerprint density at radius 2 is 1.77 bits per heavy atom. The van der Waals surface area contributed by atoms with Gasteiger partial charge in [0.15, 0.2) is 0 Å². The van der Waals surface area contributed by atoms with E-state index in [0.717, 1.165) is 38.3 Å². The van der Waals surface area contributed by atoms with Crippen LogP contribution in [0.25, 0.3) is 0 Å². The number of ether oxygens (including phenoxy) is 1. The van der Waals surface area contributed by atoms with Crippen molar-refractivity contribution in [3.05, 3.63) is 59.7 Å². The van der Waals surface area contributed by atoms with E-state index in [4.69, 9.17) is 9.73 Å². The number of anilines is 2. The van der Waals surface area contributed by atoms with E-state index in [1.165, 1.54) is 22.5 Å². The monoisotopic (exact) mass is 349 g/mol. The highest BCUT2D eigenvalue weighted by molar-refractivity contribution is 6.02. The van der Waals surface area contributed by atoms with E-state index in [1.807, 2.05) is 0 Å². The van der Waals surface area contributed by atoms with Crippen molar-refractivity contribution in [2.75, 3.05) is 37.5 Å². The van der Waals surface area contributed by atoms with Gasteiger partial charge >= 0.3 is 0 Å². The smallest absolute Gasteiger partial charge is 0.108 e. The van der Waals surface area contributed by atoms with Gasteiger partial charge in [-0.1, -0.05) is 36.4 Å². The van der Waals surface area contributed by atoms with Crippen LogP contribution in [0.4, 0.5) is 11.4 Å². The first-order valence-corrected chi connectivity index (χ1v) is 9.41. The van der Waals surface area contributed by atoms with Gasteiger partial charge in [0, 0.05) is 44.1 Å². The number of hydrogen-bond acceptors (Lipinski definition) is 3. The minimum Gasteiger partial charge on any atom is -0.381 e. The van der Waals surface area contributed by atoms with Crippen LogP contribution in [0.3, 0.4) is 0 Å². The van der Waals surface area contributed by atoms with E-state index >= 15 is 0 Å². The van der Waals surface area contributed by atoms with Gasteiger partial charge in [-0.05, 0) is 42.5 Å². The van der Waals surface area contributed by atoms with Crippen LogP contribution in [0.2, 0.25) is 0 Å². The van der Waals surface area contributed by atoms with Gasteiger partial charge in [-0.15, -0.1) is 0 Å². The van der Waals surface area contributed by atoms with Crippen LogP contribution >= 0.6 is 0 Å². The number of aliphatic imine (C=N–C) groups is 1. The third-order valence-corrected chi connectivity index (χ3v) is 5.63. The summed E-state index contributed by atoms with van der Waals surface area (Å²) in [5.41, 5.74) is 5.16. The summed E-state index contributed by atoms with van der Waals surface area (Å²) in [7, 11) is 4.17. The minimum absolute atomic E-state index is 0.0830. The van der Waals surface area contributed by atoms with Crippen LogP contribution in [0.1, 0.15) is 24.0 Å². The zero-order valence-electron chi connectivity index (χ0n) is 15.7. The van der Waals surface area contributed by atoms with Gasteiger partial charge in [0.1, 0.15) is 5.84 Å². The summed E-state index contributed by atoms with van der Waals surface area (Å²) in [5.74, 6) is 1.13. The van der Waals surface area contributed by atoms with Gasteiger partial charge in [0.05, 0.1) is 6.54 Å². The van der Waals surface area contributed by atoms with Crippen LogP contribution in [0.15, 0.2) is 53.5 Å². The third-order valence-electron chi connectivity index (χ3n) is 5.63. The average Bonchev–Trinajstić information content (AvgIpc) is 2.67. The average molecular weight is 349 g/mol. The van der Waals surface area contributed by atoms with Gasteiger partial charge < -0.3 is 15.0 Å². The number of nitrogens with one attached hydrogen (secondary N) is 1. The fourth-order valence-electron chi connectivity index (χ4n) is 4.13. The Morgan fingerprint density at radius 1 is 1.04 bits per heavy atom. The molecule has 0 saturated carbocycles. The molecule has 4 nitrogen and oxygen atoms in total. The third kappa shape index (κ3) is 3.21. The number of benzene rings is 2. The van der Waals surface area contributed by atoms with E-state index in [2.05, 4.69) is 72.8 Å². The molecule has 2 heterocycles. The lowest BCUT2D eigenvalue weighted by Gasteiger charge is -2.42. The number of hydrogen-bond donors (Lipinski definition) is 1. The van der Waals surface area contributed by atoms with Crippen LogP contribution in [0, 0.1) is 5.41 Å². The normalized spacial score (nSPS) is 19.8. The quantitative estimate of drug-likeness (QED) is 0.906. The molecule has 1 N–H and O–H groups in total. The number of rotatable bonds is 3. The van der Waals surface area contributed by atoms with Crippen molar-refractivity contribution in [3.63, 3.8) is 0 Å². The van der Waals surface area contributed by atoms with Crippen molar-refractivity contribution < 1.29 is 4.74 Å². The lowest BCUT2D eigenvalue weighted by Crippen LogP contribution is -2.45. The highest BCUT2D eigenvalue weighted by Crippen LogP contribution is 2.41. The highest BCUT2D eigenvalue weighted by atomic mass is 16.5. The predicted octanol–water partition coefficient (Wildman–Crippen LogP) is 4.12. The Kier molecular flexibility index (Phi) is 4.68. The Hall–Kier alpha value is -2.33. The molecule has 2 aliphatic rings. The van der Waals surface area contributed by atoms with Crippen LogP contribution in [0.5, 0.6) is 0 Å². The minimum atomic E-state index is 0.0830. The predicted molar refractivity (Wildman–Crippen MR) is 108 cm³/mol. The molecular formula is C22H27N3O. The van der Waals surface area contributed by atoms with Gasteiger partial charge in [-0.25, -0.2) is 0 Å². The number of para-hydroxylation sites is 2. The van der Waals surface area contributed by atoms with Crippen molar-refractivity contribution in [2.45, 2.75) is 25.8 Å². The van der Waals surface area contributed by atoms with Gasteiger partial charge in [0.2, 0.25) is 0 Å². The van der Waals surface area contributed by atoms with Crippen molar-refractivity contribution in [3.8, 4) is 0 Å². The van der Waals surface area contributed by atoms with E-state index in [9.17, 15) is 0 Å². The number of fused-ring (bicyclic) bond motifs is 1. The molecule has 1 spiro atoms. The SMILES string of the molecule is CN(C)c1ccccc1CN=C1Nc2ccccc2CC12CCOCC2. The number of nitrogens with zero attached hydrogens (tertiary/aromatic N) is 2. The molecule has 0 atom stereocenters. The molecule has 2 aromatic rings. The van der Waals surface area contributed by atoms with Crippen molar-refractivity contribution in [2.24, 2.45) is 10.4 Å². The van der Waals surface area contributed by atoms with Crippen molar-refractivity contribution in [1.82, 2.24) is 0 Å². The molecule has 4 heteroatoms. The second-order valence-corrected chi connectivity index (χ2v) is 7.54. The fraction of sp³-hybridized carbons (Fsp3) is 0.409. The van der Waals surface area contributed by atoms with E-state index in [-0.39, 0.29) is 5.41 Å². The molecule has 0 aliphatic carbocycles. The lowest BCUT2D eigenvalue weighted by atomic mass is 9.71. The second-order valence-electron chi connectivity index (χ2n) is 7.54. The summed E-state index contributed by atoms with van der Waals surface area (Å²) < 4.78 is 5.66. The zero-order chi connectivity index (χ0) is 18.0. The van der Waals surface area contributed by atoms with Crippen molar-refractivity contribution >= 4 is 17.2 Å². The molecule has 1 fully saturated rings. The molecule has 4 rings (SSSR count).